The van der Waals surface area contributed by atoms with E-state index in [0.29, 0.717) is 25.7 Å². The zero-order valence-electron chi connectivity index (χ0n) is 10.2. The average Bonchev–Trinajstić information content (AvgIpc) is 2.77. The number of hydrogen-bond donors (Lipinski definition) is 2. The topological polar surface area (TPSA) is 118 Å². The van der Waals surface area contributed by atoms with Gasteiger partial charge in [0.25, 0.3) is 0 Å². The van der Waals surface area contributed by atoms with Gasteiger partial charge in [-0.15, -0.1) is 0 Å². The zero-order chi connectivity index (χ0) is 14.0. The first-order valence-corrected chi connectivity index (χ1v) is 6.01. The fourth-order valence-corrected chi connectivity index (χ4v) is 2.43. The van der Waals surface area contributed by atoms with E-state index in [0.717, 1.165) is 0 Å². The Balaban J connectivity index is 1.98. The third-order valence-electron chi connectivity index (χ3n) is 3.55. The molecule has 0 saturated heterocycles. The molecule has 2 rings (SSSR count). The van der Waals surface area contributed by atoms with Crippen LogP contribution >= 0.6 is 0 Å². The van der Waals surface area contributed by atoms with E-state index in [1.54, 1.807) is 0 Å². The largest absolute Gasteiger partial charge is 0.481 e. The Labute approximate surface area is 108 Å². The van der Waals surface area contributed by atoms with Crippen molar-refractivity contribution in [3.8, 4) is 0 Å². The number of imidazole rings is 1. The summed E-state index contributed by atoms with van der Waals surface area (Å²) in [5, 5.41) is 29.8. The lowest BCUT2D eigenvalue weighted by Gasteiger charge is -2.34. The molecular formula is C11H15N3O5. The fraction of sp³-hybridized carbons (Fsp3) is 0.636. The van der Waals surface area contributed by atoms with Gasteiger partial charge in [-0.05, 0) is 35.6 Å². The lowest BCUT2D eigenvalue weighted by Crippen LogP contribution is -2.39. The highest BCUT2D eigenvalue weighted by Crippen LogP contribution is 2.33. The SMILES string of the molecule is O=C(O)C1CCC(O)(Cn2cnc([N+](=O)[O-])c2)CC1. The lowest BCUT2D eigenvalue weighted by molar-refractivity contribution is -0.389. The third-order valence-corrected chi connectivity index (χ3v) is 3.55. The van der Waals surface area contributed by atoms with E-state index in [4.69, 9.17) is 5.11 Å². The van der Waals surface area contributed by atoms with Gasteiger partial charge in [-0.25, -0.2) is 0 Å². The standard InChI is InChI=1S/C11H15N3O5/c15-10(16)8-1-3-11(17,4-2-8)6-13-5-9(12-7-13)14(18)19/h5,7-8,17H,1-4,6H2,(H,15,16). The Morgan fingerprint density at radius 2 is 2.21 bits per heavy atom. The summed E-state index contributed by atoms with van der Waals surface area (Å²) in [5.74, 6) is -1.50. The number of carbonyl (C=O) groups is 1. The summed E-state index contributed by atoms with van der Waals surface area (Å²) in [6.45, 7) is 0.195. The van der Waals surface area contributed by atoms with Crippen LogP contribution in [0.3, 0.4) is 0 Å². The quantitative estimate of drug-likeness (QED) is 0.616. The molecule has 0 unspecified atom stereocenters. The zero-order valence-corrected chi connectivity index (χ0v) is 10.2. The Kier molecular flexibility index (Phi) is 3.52. The van der Waals surface area contributed by atoms with Crippen LogP contribution in [-0.2, 0) is 11.3 Å². The van der Waals surface area contributed by atoms with Crippen molar-refractivity contribution < 1.29 is 19.9 Å². The van der Waals surface area contributed by atoms with Crippen LogP contribution in [0.1, 0.15) is 25.7 Å². The molecule has 19 heavy (non-hydrogen) atoms. The maximum atomic E-state index is 10.8. The van der Waals surface area contributed by atoms with Gasteiger partial charge in [0.15, 0.2) is 0 Å². The van der Waals surface area contributed by atoms with E-state index in [1.807, 2.05) is 0 Å². The van der Waals surface area contributed by atoms with Crippen LogP contribution in [-0.4, -0.2) is 36.3 Å². The molecule has 0 atom stereocenters. The Morgan fingerprint density at radius 3 is 2.68 bits per heavy atom. The second kappa shape index (κ2) is 4.96. The molecule has 2 N–H and O–H groups in total. The van der Waals surface area contributed by atoms with Gasteiger partial charge in [0.1, 0.15) is 6.20 Å². The summed E-state index contributed by atoms with van der Waals surface area (Å²) in [4.78, 5) is 24.4. The highest BCUT2D eigenvalue weighted by molar-refractivity contribution is 5.70. The molecule has 8 heteroatoms. The maximum absolute atomic E-state index is 10.8. The molecule has 0 aliphatic heterocycles. The first-order valence-electron chi connectivity index (χ1n) is 6.01. The van der Waals surface area contributed by atoms with E-state index in [1.165, 1.54) is 17.1 Å². The number of carboxylic acid groups (broad SMARTS) is 1. The summed E-state index contributed by atoms with van der Waals surface area (Å²) in [7, 11) is 0. The minimum Gasteiger partial charge on any atom is -0.481 e. The van der Waals surface area contributed by atoms with Crippen LogP contribution in [0.2, 0.25) is 0 Å². The second-order valence-corrected chi connectivity index (χ2v) is 5.00. The van der Waals surface area contributed by atoms with E-state index in [-0.39, 0.29) is 12.4 Å². The number of nitrogens with zero attached hydrogens (tertiary/aromatic N) is 3. The number of aromatic nitrogens is 2. The van der Waals surface area contributed by atoms with Gasteiger partial charge in [0, 0.05) is 0 Å². The van der Waals surface area contributed by atoms with Crippen molar-refractivity contribution >= 4 is 11.8 Å². The molecular weight excluding hydrogens is 254 g/mol. The second-order valence-electron chi connectivity index (χ2n) is 5.00. The van der Waals surface area contributed by atoms with Crippen molar-refractivity contribution in [3.63, 3.8) is 0 Å². The summed E-state index contributed by atoms with van der Waals surface area (Å²) < 4.78 is 1.47. The number of nitro groups is 1. The van der Waals surface area contributed by atoms with E-state index < -0.39 is 22.4 Å². The summed E-state index contributed by atoms with van der Waals surface area (Å²) in [6, 6.07) is 0. The lowest BCUT2D eigenvalue weighted by atomic mass is 9.79. The summed E-state index contributed by atoms with van der Waals surface area (Å²) in [6.07, 6.45) is 4.15. The Bertz CT molecular complexity index is 490. The molecule has 1 fully saturated rings. The maximum Gasteiger partial charge on any atom is 0.381 e. The first-order chi connectivity index (χ1) is 8.89. The number of carboxylic acids is 1. The fourth-order valence-electron chi connectivity index (χ4n) is 2.43. The predicted molar refractivity (Wildman–Crippen MR) is 63.4 cm³/mol. The Morgan fingerprint density at radius 1 is 1.58 bits per heavy atom. The number of hydrogen-bond acceptors (Lipinski definition) is 5. The van der Waals surface area contributed by atoms with Crippen molar-refractivity contribution in [1.29, 1.82) is 0 Å². The van der Waals surface area contributed by atoms with Gasteiger partial charge < -0.3 is 24.9 Å². The normalized spacial score (nSPS) is 27.1. The highest BCUT2D eigenvalue weighted by Gasteiger charge is 2.36. The van der Waals surface area contributed by atoms with Crippen LogP contribution in [0, 0.1) is 16.0 Å². The average molecular weight is 269 g/mol. The number of aliphatic carboxylic acids is 1. The van der Waals surface area contributed by atoms with Crippen LogP contribution in [0.4, 0.5) is 5.82 Å². The predicted octanol–water partition coefficient (Wildman–Crippen LogP) is 0.797. The molecule has 0 bridgehead atoms. The molecule has 1 aliphatic carbocycles. The minimum absolute atomic E-state index is 0.195. The highest BCUT2D eigenvalue weighted by atomic mass is 16.6. The first kappa shape index (κ1) is 13.5. The summed E-state index contributed by atoms with van der Waals surface area (Å²) >= 11 is 0. The van der Waals surface area contributed by atoms with E-state index in [9.17, 15) is 20.0 Å². The molecule has 1 aromatic rings. The molecule has 0 aromatic carbocycles. The van der Waals surface area contributed by atoms with Crippen LogP contribution in [0.25, 0.3) is 0 Å². The molecule has 1 saturated carbocycles. The monoisotopic (exact) mass is 269 g/mol. The minimum atomic E-state index is -1.01. The van der Waals surface area contributed by atoms with E-state index >= 15 is 0 Å². The molecule has 1 aliphatic rings. The number of aliphatic hydroxyl groups is 1. The Hall–Kier alpha value is -1.96. The van der Waals surface area contributed by atoms with Crippen molar-refractivity contribution in [1.82, 2.24) is 9.55 Å². The smallest absolute Gasteiger partial charge is 0.381 e. The molecule has 1 aromatic heterocycles. The molecule has 1 heterocycles. The van der Waals surface area contributed by atoms with Crippen LogP contribution in [0.15, 0.2) is 12.5 Å². The van der Waals surface area contributed by atoms with Gasteiger partial charge in [0.2, 0.25) is 6.33 Å². The van der Waals surface area contributed by atoms with Gasteiger partial charge in [0.05, 0.1) is 18.1 Å². The van der Waals surface area contributed by atoms with Gasteiger partial charge >= 0.3 is 11.8 Å². The third kappa shape index (κ3) is 3.08. The van der Waals surface area contributed by atoms with E-state index in [2.05, 4.69) is 4.98 Å². The molecule has 8 nitrogen and oxygen atoms in total. The molecule has 0 amide bonds. The number of rotatable bonds is 4. The van der Waals surface area contributed by atoms with Crippen molar-refractivity contribution in [2.75, 3.05) is 0 Å². The molecule has 0 radical (unpaired) electrons. The molecule has 104 valence electrons. The van der Waals surface area contributed by atoms with Gasteiger partial charge in [-0.2, -0.15) is 0 Å². The van der Waals surface area contributed by atoms with Crippen LogP contribution < -0.4 is 0 Å². The van der Waals surface area contributed by atoms with Crippen molar-refractivity contribution in [2.45, 2.75) is 37.8 Å². The van der Waals surface area contributed by atoms with Crippen LogP contribution in [0.5, 0.6) is 0 Å². The summed E-state index contributed by atoms with van der Waals surface area (Å²) in [5.41, 5.74) is -1.01. The van der Waals surface area contributed by atoms with Crippen molar-refractivity contribution in [2.24, 2.45) is 5.92 Å². The van der Waals surface area contributed by atoms with Crippen molar-refractivity contribution in [3.05, 3.63) is 22.6 Å². The van der Waals surface area contributed by atoms with Gasteiger partial charge in [-0.3, -0.25) is 4.79 Å². The van der Waals surface area contributed by atoms with Gasteiger partial charge in [-0.1, -0.05) is 0 Å². The molecule has 0 spiro atoms.